The van der Waals surface area contributed by atoms with E-state index in [2.05, 4.69) is 25.9 Å². The van der Waals surface area contributed by atoms with Crippen molar-refractivity contribution in [3.63, 3.8) is 0 Å². The molecule has 7 nitrogen and oxygen atoms in total. The van der Waals surface area contributed by atoms with Crippen LogP contribution in [0.2, 0.25) is 0 Å². The van der Waals surface area contributed by atoms with Gasteiger partial charge in [0.15, 0.2) is 17.5 Å². The molecule has 156 valence electrons. The number of guanidine groups is 1. The fraction of sp³-hybridized carbons (Fsp3) is 0.381. The maximum atomic E-state index is 13.7. The molecule has 3 N–H and O–H groups in total. The zero-order chi connectivity index (χ0) is 21.1. The summed E-state index contributed by atoms with van der Waals surface area (Å²) in [6.07, 6.45) is 1.66. The maximum Gasteiger partial charge on any atom is 0.227 e. The number of hydrogen-bond acceptors (Lipinski definition) is 4. The Morgan fingerprint density at radius 1 is 1.24 bits per heavy atom. The van der Waals surface area contributed by atoms with E-state index in [0.717, 1.165) is 5.56 Å². The van der Waals surface area contributed by atoms with Gasteiger partial charge >= 0.3 is 0 Å². The molecule has 1 amide bonds. The number of hydrogen-bond donors (Lipinski definition) is 3. The van der Waals surface area contributed by atoms with E-state index >= 15 is 0 Å². The second-order valence-corrected chi connectivity index (χ2v) is 6.52. The van der Waals surface area contributed by atoms with E-state index in [9.17, 15) is 9.18 Å². The first-order valence-electron chi connectivity index (χ1n) is 9.63. The summed E-state index contributed by atoms with van der Waals surface area (Å²) in [6.45, 7) is 7.13. The number of carbonyl (C=O) groups excluding carboxylic acids is 1. The second-order valence-electron chi connectivity index (χ2n) is 6.52. The molecule has 0 aliphatic carbocycles. The summed E-state index contributed by atoms with van der Waals surface area (Å²) in [5.41, 5.74) is 1.03. The average Bonchev–Trinajstić information content (AvgIpc) is 2.69. The largest absolute Gasteiger partial charge is 0.486 e. The van der Waals surface area contributed by atoms with Crippen molar-refractivity contribution >= 4 is 17.7 Å². The molecule has 1 heterocycles. The smallest absolute Gasteiger partial charge is 0.227 e. The Morgan fingerprint density at radius 3 is 2.72 bits per heavy atom. The van der Waals surface area contributed by atoms with Crippen LogP contribution < -0.4 is 20.7 Å². The molecular formula is C21H28FN5O2. The minimum atomic E-state index is -0.401. The molecule has 0 fully saturated rings. The van der Waals surface area contributed by atoms with Crippen LogP contribution >= 0.6 is 0 Å². The van der Waals surface area contributed by atoms with Crippen molar-refractivity contribution in [3.8, 4) is 5.75 Å². The lowest BCUT2D eigenvalue weighted by Crippen LogP contribution is -2.39. The number of halogens is 1. The fourth-order valence-corrected chi connectivity index (χ4v) is 2.40. The van der Waals surface area contributed by atoms with E-state index in [-0.39, 0.29) is 24.2 Å². The van der Waals surface area contributed by atoms with Crippen molar-refractivity contribution in [1.29, 1.82) is 0 Å². The van der Waals surface area contributed by atoms with E-state index in [1.807, 2.05) is 26.8 Å². The zero-order valence-corrected chi connectivity index (χ0v) is 17.0. The number of rotatable bonds is 9. The lowest BCUT2D eigenvalue weighted by atomic mass is 10.3. The monoisotopic (exact) mass is 401 g/mol. The van der Waals surface area contributed by atoms with Gasteiger partial charge in [0.25, 0.3) is 0 Å². The lowest BCUT2D eigenvalue weighted by molar-refractivity contribution is -0.116. The number of pyridine rings is 1. The first-order chi connectivity index (χ1) is 14.0. The van der Waals surface area contributed by atoms with Crippen molar-refractivity contribution in [3.05, 3.63) is 54.0 Å². The van der Waals surface area contributed by atoms with Crippen LogP contribution in [0.3, 0.4) is 0 Å². The number of aromatic nitrogens is 1. The summed E-state index contributed by atoms with van der Waals surface area (Å²) >= 11 is 0. The number of amides is 1. The molecular weight excluding hydrogens is 373 g/mol. The molecule has 0 radical (unpaired) electrons. The number of aryl methyl sites for hydroxylation is 1. The van der Waals surface area contributed by atoms with Crippen LogP contribution in [0, 0.1) is 12.7 Å². The predicted octanol–water partition coefficient (Wildman–Crippen LogP) is 2.88. The first kappa shape index (κ1) is 22.1. The highest BCUT2D eigenvalue weighted by atomic mass is 19.1. The quantitative estimate of drug-likeness (QED) is 0.444. The normalized spacial score (nSPS) is 12.2. The second kappa shape index (κ2) is 11.6. The van der Waals surface area contributed by atoms with Gasteiger partial charge < -0.3 is 20.7 Å². The SMILES string of the molecule is CCNC(=NCC(C)Oc1ccccc1F)NCCC(=O)Nc1ccc(C)cn1. The molecule has 0 bridgehead atoms. The van der Waals surface area contributed by atoms with E-state index < -0.39 is 5.82 Å². The zero-order valence-electron chi connectivity index (χ0n) is 17.0. The number of carbonyl (C=O) groups is 1. The van der Waals surface area contributed by atoms with Crippen LogP contribution in [0.15, 0.2) is 47.6 Å². The third-order valence-electron chi connectivity index (χ3n) is 3.84. The summed E-state index contributed by atoms with van der Waals surface area (Å²) in [6, 6.07) is 9.93. The van der Waals surface area contributed by atoms with Crippen molar-refractivity contribution in [2.24, 2.45) is 4.99 Å². The van der Waals surface area contributed by atoms with Gasteiger partial charge in [-0.25, -0.2) is 14.4 Å². The summed E-state index contributed by atoms with van der Waals surface area (Å²) in [4.78, 5) is 20.6. The summed E-state index contributed by atoms with van der Waals surface area (Å²) in [7, 11) is 0. The van der Waals surface area contributed by atoms with Gasteiger partial charge in [0.05, 0.1) is 6.54 Å². The number of nitrogens with one attached hydrogen (secondary N) is 3. The number of anilines is 1. The number of para-hydroxylation sites is 1. The van der Waals surface area contributed by atoms with E-state index in [1.54, 1.807) is 30.5 Å². The highest BCUT2D eigenvalue weighted by molar-refractivity contribution is 5.90. The van der Waals surface area contributed by atoms with Gasteiger partial charge in [-0.15, -0.1) is 0 Å². The number of nitrogens with zero attached hydrogens (tertiary/aromatic N) is 2. The number of ether oxygens (including phenoxy) is 1. The molecule has 0 aliphatic rings. The topological polar surface area (TPSA) is 87.6 Å². The Bertz CT molecular complexity index is 811. The summed E-state index contributed by atoms with van der Waals surface area (Å²) < 4.78 is 19.2. The molecule has 1 aromatic heterocycles. The van der Waals surface area contributed by atoms with E-state index in [0.29, 0.717) is 31.4 Å². The van der Waals surface area contributed by atoms with Crippen LogP contribution in [0.4, 0.5) is 10.2 Å². The molecule has 8 heteroatoms. The Morgan fingerprint density at radius 2 is 2.03 bits per heavy atom. The fourth-order valence-electron chi connectivity index (χ4n) is 2.40. The van der Waals surface area contributed by atoms with Gasteiger partial charge in [-0.05, 0) is 44.5 Å². The molecule has 1 atom stereocenters. The van der Waals surface area contributed by atoms with Crippen LogP contribution in [-0.2, 0) is 4.79 Å². The predicted molar refractivity (Wildman–Crippen MR) is 113 cm³/mol. The summed E-state index contributed by atoms with van der Waals surface area (Å²) in [5.74, 6) is 0.760. The van der Waals surface area contributed by atoms with Gasteiger partial charge in [-0.2, -0.15) is 0 Å². The third-order valence-corrected chi connectivity index (χ3v) is 3.84. The van der Waals surface area contributed by atoms with Crippen molar-refractivity contribution in [2.75, 3.05) is 25.0 Å². The van der Waals surface area contributed by atoms with E-state index in [1.165, 1.54) is 6.07 Å². The van der Waals surface area contributed by atoms with Gasteiger partial charge in [0.2, 0.25) is 5.91 Å². The number of benzene rings is 1. The Labute approximate surface area is 170 Å². The van der Waals surface area contributed by atoms with Gasteiger partial charge in [-0.3, -0.25) is 4.79 Å². The Hall–Kier alpha value is -3.16. The van der Waals surface area contributed by atoms with Gasteiger partial charge in [0.1, 0.15) is 11.9 Å². The van der Waals surface area contributed by atoms with Gasteiger partial charge in [-0.1, -0.05) is 18.2 Å². The van der Waals surface area contributed by atoms with E-state index in [4.69, 9.17) is 4.74 Å². The highest BCUT2D eigenvalue weighted by Gasteiger charge is 2.09. The summed E-state index contributed by atoms with van der Waals surface area (Å²) in [5, 5.41) is 8.97. The molecule has 0 saturated heterocycles. The highest BCUT2D eigenvalue weighted by Crippen LogP contribution is 2.16. The van der Waals surface area contributed by atoms with Crippen LogP contribution in [-0.4, -0.2) is 42.6 Å². The lowest BCUT2D eigenvalue weighted by Gasteiger charge is -2.15. The molecule has 2 aromatic rings. The molecule has 2 rings (SSSR count). The molecule has 1 unspecified atom stereocenters. The molecule has 0 aliphatic heterocycles. The average molecular weight is 401 g/mol. The van der Waals surface area contributed by atoms with Crippen LogP contribution in [0.1, 0.15) is 25.8 Å². The molecule has 1 aromatic carbocycles. The van der Waals surface area contributed by atoms with Crippen LogP contribution in [0.5, 0.6) is 5.75 Å². The Kier molecular flexibility index (Phi) is 8.88. The first-order valence-corrected chi connectivity index (χ1v) is 9.63. The van der Waals surface area contributed by atoms with Gasteiger partial charge in [0, 0.05) is 25.7 Å². The molecule has 0 spiro atoms. The Balaban J connectivity index is 1.78. The third kappa shape index (κ3) is 8.16. The maximum absolute atomic E-state index is 13.7. The van der Waals surface area contributed by atoms with Crippen molar-refractivity contribution < 1.29 is 13.9 Å². The van der Waals surface area contributed by atoms with Crippen molar-refractivity contribution in [2.45, 2.75) is 33.3 Å². The standard InChI is InChI=1S/C21H28FN5O2/c1-4-23-21(26-14-16(3)29-18-8-6-5-7-17(18)22)24-12-11-20(28)27-19-10-9-15(2)13-25-19/h5-10,13,16H,4,11-12,14H2,1-3H3,(H2,23,24,26)(H,25,27,28). The minimum absolute atomic E-state index is 0.138. The van der Waals surface area contributed by atoms with Crippen molar-refractivity contribution in [1.82, 2.24) is 15.6 Å². The molecule has 29 heavy (non-hydrogen) atoms. The minimum Gasteiger partial charge on any atom is -0.486 e. The molecule has 0 saturated carbocycles. The number of aliphatic imine (C=N–C) groups is 1. The van der Waals surface area contributed by atoms with Crippen LogP contribution in [0.25, 0.3) is 0 Å².